The molecule has 2 aromatic rings. The summed E-state index contributed by atoms with van der Waals surface area (Å²) in [4.78, 5) is 12.4. The van der Waals surface area contributed by atoms with Crippen molar-refractivity contribution in [3.05, 3.63) is 51.2 Å². The summed E-state index contributed by atoms with van der Waals surface area (Å²) in [6.07, 6.45) is 1.78. The Kier molecular flexibility index (Phi) is 5.34. The molecule has 0 radical (unpaired) electrons. The van der Waals surface area contributed by atoms with Crippen LogP contribution in [0.15, 0.2) is 34.9 Å². The van der Waals surface area contributed by atoms with E-state index < -0.39 is 0 Å². The first-order valence-corrected chi connectivity index (χ1v) is 7.27. The molecule has 6 heteroatoms. The lowest BCUT2D eigenvalue weighted by atomic mass is 10.1. The van der Waals surface area contributed by atoms with Crippen molar-refractivity contribution in [1.82, 2.24) is 9.78 Å². The smallest absolute Gasteiger partial charge is 0.186 e. The number of hydrogen-bond acceptors (Lipinski definition) is 3. The zero-order valence-electron chi connectivity index (χ0n) is 11.0. The molecule has 0 N–H and O–H groups in total. The van der Waals surface area contributed by atoms with Gasteiger partial charge >= 0.3 is 0 Å². The van der Waals surface area contributed by atoms with Gasteiger partial charge in [0.25, 0.3) is 0 Å². The van der Waals surface area contributed by atoms with Gasteiger partial charge < -0.3 is 4.74 Å². The summed E-state index contributed by atoms with van der Waals surface area (Å²) in [5, 5.41) is 4.48. The van der Waals surface area contributed by atoms with Crippen molar-refractivity contribution < 1.29 is 9.53 Å². The Balaban J connectivity index is 2.18. The van der Waals surface area contributed by atoms with Gasteiger partial charge in [-0.2, -0.15) is 5.10 Å². The zero-order valence-corrected chi connectivity index (χ0v) is 13.3. The predicted octanol–water partition coefficient (Wildman–Crippen LogP) is 3.37. The first-order chi connectivity index (χ1) is 9.61. The van der Waals surface area contributed by atoms with Crippen LogP contribution in [0.4, 0.5) is 0 Å². The normalized spacial score (nSPS) is 10.8. The van der Waals surface area contributed by atoms with Crippen molar-refractivity contribution in [2.24, 2.45) is 0 Å². The molecule has 0 amide bonds. The molecule has 0 fully saturated rings. The van der Waals surface area contributed by atoms with Gasteiger partial charge in [0.15, 0.2) is 5.78 Å². The van der Waals surface area contributed by atoms with Crippen molar-refractivity contribution in [1.29, 1.82) is 0 Å². The van der Waals surface area contributed by atoms with Crippen molar-refractivity contribution in [2.45, 2.75) is 13.0 Å². The lowest BCUT2D eigenvalue weighted by Gasteiger charge is -2.07. The van der Waals surface area contributed by atoms with Crippen molar-refractivity contribution in [3.8, 4) is 0 Å². The number of nitrogens with zero attached hydrogens (tertiary/aromatic N) is 2. The van der Waals surface area contributed by atoms with Gasteiger partial charge in [-0.05, 0) is 17.7 Å². The van der Waals surface area contributed by atoms with E-state index in [2.05, 4.69) is 21.0 Å². The molecular weight excluding hydrogens is 344 g/mol. The topological polar surface area (TPSA) is 44.1 Å². The van der Waals surface area contributed by atoms with E-state index >= 15 is 0 Å². The van der Waals surface area contributed by atoms with Crippen LogP contribution in [0.2, 0.25) is 5.02 Å². The fourth-order valence-electron chi connectivity index (χ4n) is 1.90. The summed E-state index contributed by atoms with van der Waals surface area (Å²) >= 11 is 9.45. The van der Waals surface area contributed by atoms with Crippen LogP contribution >= 0.6 is 27.5 Å². The van der Waals surface area contributed by atoms with E-state index in [-0.39, 0.29) is 12.2 Å². The first-order valence-electron chi connectivity index (χ1n) is 6.09. The Labute approximate surface area is 130 Å². The predicted molar refractivity (Wildman–Crippen MR) is 81.3 cm³/mol. The van der Waals surface area contributed by atoms with Crippen molar-refractivity contribution >= 4 is 33.3 Å². The molecular formula is C14H14BrClN2O2. The van der Waals surface area contributed by atoms with Crippen LogP contribution in [0.3, 0.4) is 0 Å². The van der Waals surface area contributed by atoms with Gasteiger partial charge in [-0.15, -0.1) is 0 Å². The molecule has 20 heavy (non-hydrogen) atoms. The van der Waals surface area contributed by atoms with Crippen LogP contribution in [0, 0.1) is 0 Å². The van der Waals surface area contributed by atoms with Crippen molar-refractivity contribution in [3.63, 3.8) is 0 Å². The third-order valence-corrected chi connectivity index (χ3v) is 3.59. The first kappa shape index (κ1) is 15.2. The Morgan fingerprint density at radius 1 is 1.50 bits per heavy atom. The second kappa shape index (κ2) is 7.02. The molecule has 1 heterocycles. The number of hydrogen-bond donors (Lipinski definition) is 0. The van der Waals surface area contributed by atoms with Crippen LogP contribution < -0.4 is 0 Å². The second-order valence-electron chi connectivity index (χ2n) is 4.29. The van der Waals surface area contributed by atoms with E-state index in [4.69, 9.17) is 16.3 Å². The molecule has 0 bridgehead atoms. The lowest BCUT2D eigenvalue weighted by Crippen LogP contribution is -2.15. The summed E-state index contributed by atoms with van der Waals surface area (Å²) in [6, 6.07) is 7.65. The summed E-state index contributed by atoms with van der Waals surface area (Å²) in [6.45, 7) is 0.984. The number of aromatic nitrogens is 2. The number of Topliss-reactive ketones (excluding diaryl/α,β-unsaturated/α-hetero) is 1. The van der Waals surface area contributed by atoms with Gasteiger partial charge in [0.2, 0.25) is 0 Å². The van der Waals surface area contributed by atoms with Crippen LogP contribution in [0.25, 0.3) is 0 Å². The van der Waals surface area contributed by atoms with Crippen LogP contribution in [-0.2, 0) is 17.7 Å². The number of ketones is 1. The summed E-state index contributed by atoms with van der Waals surface area (Å²) < 4.78 is 7.54. The molecule has 0 aliphatic carbocycles. The second-order valence-corrected chi connectivity index (χ2v) is 5.61. The van der Waals surface area contributed by atoms with Gasteiger partial charge in [-0.3, -0.25) is 9.48 Å². The van der Waals surface area contributed by atoms with Crippen LogP contribution in [0.1, 0.15) is 16.1 Å². The molecule has 4 nitrogen and oxygen atoms in total. The van der Waals surface area contributed by atoms with Gasteiger partial charge in [-0.25, -0.2) is 0 Å². The largest absolute Gasteiger partial charge is 0.383 e. The molecule has 106 valence electrons. The molecule has 1 aromatic heterocycles. The SMILES string of the molecule is COCCn1ncc(Cl)c1C(=O)Cc1cccc(Br)c1. The maximum Gasteiger partial charge on any atom is 0.186 e. The number of methoxy groups -OCH3 is 1. The fourth-order valence-corrected chi connectivity index (χ4v) is 2.60. The lowest BCUT2D eigenvalue weighted by molar-refractivity contribution is 0.0979. The van der Waals surface area contributed by atoms with E-state index in [9.17, 15) is 4.79 Å². The molecule has 0 saturated carbocycles. The molecule has 0 aliphatic heterocycles. The number of rotatable bonds is 6. The minimum Gasteiger partial charge on any atom is -0.383 e. The highest BCUT2D eigenvalue weighted by molar-refractivity contribution is 9.10. The third-order valence-electron chi connectivity index (χ3n) is 2.82. The highest BCUT2D eigenvalue weighted by atomic mass is 79.9. The van der Waals surface area contributed by atoms with E-state index in [0.717, 1.165) is 10.0 Å². The number of benzene rings is 1. The monoisotopic (exact) mass is 356 g/mol. The molecule has 0 saturated heterocycles. The Morgan fingerprint density at radius 3 is 3.00 bits per heavy atom. The number of ether oxygens (including phenoxy) is 1. The van der Waals surface area contributed by atoms with E-state index in [1.807, 2.05) is 24.3 Å². The Morgan fingerprint density at radius 2 is 2.30 bits per heavy atom. The fraction of sp³-hybridized carbons (Fsp3) is 0.286. The highest BCUT2D eigenvalue weighted by Crippen LogP contribution is 2.19. The number of halogens is 2. The zero-order chi connectivity index (χ0) is 14.5. The van der Waals surface area contributed by atoms with Gasteiger partial charge in [0, 0.05) is 18.0 Å². The number of carbonyl (C=O) groups is 1. The molecule has 0 aliphatic rings. The summed E-state index contributed by atoms with van der Waals surface area (Å²) in [7, 11) is 1.61. The Hall–Kier alpha value is -1.17. The summed E-state index contributed by atoms with van der Waals surface area (Å²) in [5.74, 6) is -0.0540. The molecule has 0 unspecified atom stereocenters. The summed E-state index contributed by atoms with van der Waals surface area (Å²) in [5.41, 5.74) is 1.36. The maximum atomic E-state index is 12.4. The highest BCUT2D eigenvalue weighted by Gasteiger charge is 2.17. The minimum atomic E-state index is -0.0540. The van der Waals surface area contributed by atoms with E-state index in [1.165, 1.54) is 6.20 Å². The van der Waals surface area contributed by atoms with Gasteiger partial charge in [0.1, 0.15) is 5.69 Å². The van der Waals surface area contributed by atoms with Crippen LogP contribution in [-0.4, -0.2) is 29.3 Å². The van der Waals surface area contributed by atoms with E-state index in [0.29, 0.717) is 23.9 Å². The van der Waals surface area contributed by atoms with Gasteiger partial charge in [-0.1, -0.05) is 39.7 Å². The average molecular weight is 358 g/mol. The van der Waals surface area contributed by atoms with Crippen LogP contribution in [0.5, 0.6) is 0 Å². The number of carbonyl (C=O) groups excluding carboxylic acids is 1. The maximum absolute atomic E-state index is 12.4. The standard InChI is InChI=1S/C14H14BrClN2O2/c1-20-6-5-18-14(12(16)9-17-18)13(19)8-10-3-2-4-11(15)7-10/h2-4,7,9H,5-6,8H2,1H3. The average Bonchev–Trinajstić information content (AvgIpc) is 2.77. The minimum absolute atomic E-state index is 0.0540. The third kappa shape index (κ3) is 3.69. The Bertz CT molecular complexity index is 613. The molecule has 0 spiro atoms. The molecule has 0 atom stereocenters. The molecule has 2 rings (SSSR count). The van der Waals surface area contributed by atoms with E-state index in [1.54, 1.807) is 11.8 Å². The van der Waals surface area contributed by atoms with Gasteiger partial charge in [0.05, 0.1) is 24.4 Å². The molecule has 1 aromatic carbocycles. The quantitative estimate of drug-likeness (QED) is 0.745. The van der Waals surface area contributed by atoms with Crippen molar-refractivity contribution in [2.75, 3.05) is 13.7 Å².